The number of nitrogen functional groups attached to an aromatic ring is 1. The Labute approximate surface area is 148 Å². The molecule has 3 aromatic rings. The Morgan fingerprint density at radius 3 is 2.75 bits per heavy atom. The molecule has 7 nitrogen and oxygen atoms in total. The molecule has 3 rings (SSSR count). The smallest absolute Gasteiger partial charge is 0.332 e. The Kier molecular flexibility index (Phi) is 4.88. The number of hydrogen-bond acceptors (Lipinski definition) is 10. The first-order valence-corrected chi connectivity index (χ1v) is 9.09. The van der Waals surface area contributed by atoms with E-state index in [-0.39, 0.29) is 11.4 Å². The standard InChI is InChI=1S/C14H10N4O3S3/c1-7(19)21-18-11(9-6-22-13(15)16-9)12(20)24-14-17-8-4-2-3-5-10(8)23-14/h2-6H,1H3,(H2,15,16). The summed E-state index contributed by atoms with van der Waals surface area (Å²) in [6.07, 6.45) is 0. The third-order valence-electron chi connectivity index (χ3n) is 2.68. The van der Waals surface area contributed by atoms with Crippen LogP contribution in [0.3, 0.4) is 0 Å². The predicted octanol–water partition coefficient (Wildman–Crippen LogP) is 2.92. The van der Waals surface area contributed by atoms with Gasteiger partial charge in [0.15, 0.2) is 15.2 Å². The van der Waals surface area contributed by atoms with Crippen LogP contribution in [0.25, 0.3) is 10.2 Å². The molecule has 0 unspecified atom stereocenters. The van der Waals surface area contributed by atoms with Crippen LogP contribution < -0.4 is 5.73 Å². The second-order valence-electron chi connectivity index (χ2n) is 4.43. The molecule has 0 fully saturated rings. The van der Waals surface area contributed by atoms with E-state index in [0.29, 0.717) is 9.47 Å². The third kappa shape index (κ3) is 3.78. The van der Waals surface area contributed by atoms with Crippen molar-refractivity contribution in [2.24, 2.45) is 5.16 Å². The molecule has 0 aliphatic heterocycles. The van der Waals surface area contributed by atoms with Gasteiger partial charge in [0.05, 0.1) is 10.2 Å². The molecule has 0 aliphatic rings. The van der Waals surface area contributed by atoms with Crippen molar-refractivity contribution in [2.75, 3.05) is 5.73 Å². The number of para-hydroxylation sites is 1. The van der Waals surface area contributed by atoms with Crippen LogP contribution in [0.1, 0.15) is 12.6 Å². The molecule has 1 aromatic carbocycles. The highest BCUT2D eigenvalue weighted by Crippen LogP contribution is 2.30. The van der Waals surface area contributed by atoms with E-state index in [1.165, 1.54) is 29.6 Å². The van der Waals surface area contributed by atoms with Crippen molar-refractivity contribution >= 4 is 66.6 Å². The molecule has 0 aliphatic carbocycles. The molecule has 0 radical (unpaired) electrons. The predicted molar refractivity (Wildman–Crippen MR) is 95.3 cm³/mol. The summed E-state index contributed by atoms with van der Waals surface area (Å²) in [5.74, 6) is -0.631. The van der Waals surface area contributed by atoms with Crippen LogP contribution in [0.5, 0.6) is 0 Å². The highest BCUT2D eigenvalue weighted by Gasteiger charge is 2.21. The summed E-state index contributed by atoms with van der Waals surface area (Å²) in [7, 11) is 0. The molecular weight excluding hydrogens is 368 g/mol. The number of aromatic nitrogens is 2. The molecule has 2 N–H and O–H groups in total. The van der Waals surface area contributed by atoms with Gasteiger partial charge < -0.3 is 10.6 Å². The lowest BCUT2D eigenvalue weighted by molar-refractivity contribution is -0.140. The lowest BCUT2D eigenvalue weighted by Crippen LogP contribution is -2.14. The summed E-state index contributed by atoms with van der Waals surface area (Å²) in [6, 6.07) is 7.58. The van der Waals surface area contributed by atoms with Crippen LogP contribution in [0.4, 0.5) is 5.13 Å². The minimum absolute atomic E-state index is 0.0811. The van der Waals surface area contributed by atoms with Crippen molar-refractivity contribution in [1.82, 2.24) is 9.97 Å². The van der Waals surface area contributed by atoms with Gasteiger partial charge in [-0.15, -0.1) is 22.7 Å². The number of carbonyl (C=O) groups is 2. The van der Waals surface area contributed by atoms with Gasteiger partial charge in [-0.1, -0.05) is 17.3 Å². The summed E-state index contributed by atoms with van der Waals surface area (Å²) in [5, 5.41) is 5.06. The van der Waals surface area contributed by atoms with Crippen molar-refractivity contribution < 1.29 is 14.4 Å². The van der Waals surface area contributed by atoms with Gasteiger partial charge in [-0.2, -0.15) is 0 Å². The Balaban J connectivity index is 1.87. The van der Waals surface area contributed by atoms with Crippen molar-refractivity contribution in [3.8, 4) is 0 Å². The van der Waals surface area contributed by atoms with Crippen molar-refractivity contribution in [3.05, 3.63) is 35.3 Å². The Hall–Kier alpha value is -2.30. The van der Waals surface area contributed by atoms with Crippen LogP contribution >= 0.6 is 34.4 Å². The minimum Gasteiger partial charge on any atom is -0.375 e. The number of thiazole rings is 2. The molecule has 0 bridgehead atoms. The van der Waals surface area contributed by atoms with E-state index in [0.717, 1.165) is 22.0 Å². The van der Waals surface area contributed by atoms with Crippen molar-refractivity contribution in [1.29, 1.82) is 0 Å². The van der Waals surface area contributed by atoms with E-state index in [2.05, 4.69) is 20.0 Å². The van der Waals surface area contributed by atoms with Gasteiger partial charge in [0, 0.05) is 12.3 Å². The van der Waals surface area contributed by atoms with Crippen LogP contribution in [0.15, 0.2) is 39.1 Å². The highest BCUT2D eigenvalue weighted by atomic mass is 32.2. The SMILES string of the molecule is CC(=O)ON=C(C(=O)Sc1nc2ccccc2s1)c1csc(N)n1. The second kappa shape index (κ2) is 7.07. The molecular formula is C14H10N4O3S3. The highest BCUT2D eigenvalue weighted by molar-refractivity contribution is 8.16. The van der Waals surface area contributed by atoms with Gasteiger partial charge in [-0.3, -0.25) is 4.79 Å². The van der Waals surface area contributed by atoms with E-state index >= 15 is 0 Å². The summed E-state index contributed by atoms with van der Waals surface area (Å²) >= 11 is 3.46. The molecule has 0 amide bonds. The number of benzene rings is 1. The fraction of sp³-hybridized carbons (Fsp3) is 0.0714. The van der Waals surface area contributed by atoms with E-state index in [1.807, 2.05) is 24.3 Å². The molecule has 10 heteroatoms. The molecule has 0 atom stereocenters. The summed E-state index contributed by atoms with van der Waals surface area (Å²) < 4.78 is 1.55. The number of nitrogens with two attached hydrogens (primary N) is 1. The Morgan fingerprint density at radius 2 is 2.08 bits per heavy atom. The fourth-order valence-electron chi connectivity index (χ4n) is 1.72. The number of hydrogen-bond donors (Lipinski definition) is 1. The average Bonchev–Trinajstić information content (AvgIpc) is 3.12. The van der Waals surface area contributed by atoms with Gasteiger partial charge in [-0.05, 0) is 23.9 Å². The van der Waals surface area contributed by atoms with E-state index < -0.39 is 11.1 Å². The van der Waals surface area contributed by atoms with Crippen molar-refractivity contribution in [2.45, 2.75) is 11.3 Å². The lowest BCUT2D eigenvalue weighted by Gasteiger charge is -2.00. The summed E-state index contributed by atoms with van der Waals surface area (Å²) in [5.41, 5.74) is 6.59. The first-order chi connectivity index (χ1) is 11.5. The van der Waals surface area contributed by atoms with Crippen LogP contribution in [-0.4, -0.2) is 26.8 Å². The summed E-state index contributed by atoms with van der Waals surface area (Å²) in [4.78, 5) is 36.5. The van der Waals surface area contributed by atoms with E-state index in [9.17, 15) is 9.59 Å². The van der Waals surface area contributed by atoms with Gasteiger partial charge in [0.25, 0.3) is 0 Å². The van der Waals surface area contributed by atoms with Crippen LogP contribution in [0, 0.1) is 0 Å². The van der Waals surface area contributed by atoms with Gasteiger partial charge in [0.1, 0.15) is 5.69 Å². The lowest BCUT2D eigenvalue weighted by atomic mass is 10.3. The summed E-state index contributed by atoms with van der Waals surface area (Å²) in [6.45, 7) is 1.20. The zero-order valence-corrected chi connectivity index (χ0v) is 14.7. The number of rotatable bonds is 4. The van der Waals surface area contributed by atoms with Gasteiger partial charge >= 0.3 is 5.97 Å². The fourth-order valence-corrected chi connectivity index (χ4v) is 4.17. The first kappa shape index (κ1) is 16.6. The zero-order chi connectivity index (χ0) is 17.1. The molecule has 0 spiro atoms. The van der Waals surface area contributed by atoms with Crippen molar-refractivity contribution in [3.63, 3.8) is 0 Å². The van der Waals surface area contributed by atoms with Gasteiger partial charge in [-0.25, -0.2) is 14.8 Å². The number of nitrogens with zero attached hydrogens (tertiary/aromatic N) is 3. The third-order valence-corrected chi connectivity index (χ3v) is 5.33. The first-order valence-electron chi connectivity index (χ1n) is 6.57. The second-order valence-corrected chi connectivity index (χ2v) is 7.57. The monoisotopic (exact) mass is 378 g/mol. The Morgan fingerprint density at radius 1 is 1.29 bits per heavy atom. The topological polar surface area (TPSA) is 108 Å². The van der Waals surface area contributed by atoms with Gasteiger partial charge in [0.2, 0.25) is 5.12 Å². The largest absolute Gasteiger partial charge is 0.375 e. The quantitative estimate of drug-likeness (QED) is 0.322. The maximum atomic E-state index is 12.5. The molecule has 24 heavy (non-hydrogen) atoms. The van der Waals surface area contributed by atoms with Crippen LogP contribution in [-0.2, 0) is 14.4 Å². The number of thioether (sulfide) groups is 1. The molecule has 2 heterocycles. The molecule has 2 aromatic heterocycles. The molecule has 0 saturated carbocycles. The normalized spacial score (nSPS) is 11.6. The van der Waals surface area contributed by atoms with Crippen LogP contribution in [0.2, 0.25) is 0 Å². The number of carbonyl (C=O) groups excluding carboxylic acids is 2. The number of anilines is 1. The Bertz CT molecular complexity index is 915. The average molecular weight is 378 g/mol. The molecule has 122 valence electrons. The maximum Gasteiger partial charge on any atom is 0.332 e. The molecule has 0 saturated heterocycles. The minimum atomic E-state index is -0.631. The van der Waals surface area contributed by atoms with E-state index in [1.54, 1.807) is 5.38 Å². The maximum absolute atomic E-state index is 12.5. The zero-order valence-electron chi connectivity index (χ0n) is 12.3. The van der Waals surface area contributed by atoms with E-state index in [4.69, 9.17) is 5.73 Å². The number of oxime groups is 1. The number of fused-ring (bicyclic) bond motifs is 1.